The molecule has 5 nitrogen and oxygen atoms in total. The molecular weight excluding hydrogens is 308 g/mol. The van der Waals surface area contributed by atoms with Gasteiger partial charge < -0.3 is 15.5 Å². The van der Waals surface area contributed by atoms with Crippen LogP contribution in [0.4, 0.5) is 9.93 Å². The van der Waals surface area contributed by atoms with Gasteiger partial charge in [-0.15, -0.1) is 11.3 Å². The molecule has 6 heteroatoms. The number of nitrogens with one attached hydrogen (secondary N) is 2. The Bertz CT molecular complexity index is 535. The third-order valence-corrected chi connectivity index (χ3v) is 6.09. The zero-order valence-corrected chi connectivity index (χ0v) is 14.4. The summed E-state index contributed by atoms with van der Waals surface area (Å²) in [5.41, 5.74) is 1.10. The largest absolute Gasteiger partial charge is 0.348 e. The number of anilines is 1. The number of amides is 2. The maximum absolute atomic E-state index is 12.1. The number of rotatable bonds is 7. The Morgan fingerprint density at radius 1 is 1.26 bits per heavy atom. The lowest BCUT2D eigenvalue weighted by molar-refractivity contribution is 0.233. The van der Waals surface area contributed by atoms with E-state index in [1.54, 1.807) is 11.3 Å². The van der Waals surface area contributed by atoms with Gasteiger partial charge in [-0.05, 0) is 50.4 Å². The molecule has 1 saturated heterocycles. The van der Waals surface area contributed by atoms with Crippen molar-refractivity contribution in [3.63, 3.8) is 0 Å². The second-order valence-electron chi connectivity index (χ2n) is 7.17. The van der Waals surface area contributed by atoms with E-state index in [-0.39, 0.29) is 6.03 Å². The van der Waals surface area contributed by atoms with Gasteiger partial charge in [0.1, 0.15) is 0 Å². The van der Waals surface area contributed by atoms with Crippen LogP contribution in [0.1, 0.15) is 44.2 Å². The molecular formula is C17H26N4OS. The summed E-state index contributed by atoms with van der Waals surface area (Å²) in [6, 6.07) is 0.430. The maximum Gasteiger partial charge on any atom is 0.315 e. The summed E-state index contributed by atoms with van der Waals surface area (Å²) in [5, 5.41) is 9.48. The SMILES string of the molecule is O=C(NCCc1csc(N2CCCC2)n1)NC(C1CC1)C1CC1. The minimum Gasteiger partial charge on any atom is -0.348 e. The second kappa shape index (κ2) is 6.67. The Morgan fingerprint density at radius 3 is 2.61 bits per heavy atom. The molecule has 1 aromatic heterocycles. The quantitative estimate of drug-likeness (QED) is 0.806. The first-order chi connectivity index (χ1) is 11.3. The Labute approximate surface area is 141 Å². The number of aromatic nitrogens is 1. The van der Waals surface area contributed by atoms with Crippen molar-refractivity contribution in [2.45, 2.75) is 51.0 Å². The van der Waals surface area contributed by atoms with E-state index in [1.165, 1.54) is 38.5 Å². The van der Waals surface area contributed by atoms with Gasteiger partial charge in [-0.3, -0.25) is 0 Å². The predicted octanol–water partition coefficient (Wildman–Crippen LogP) is 2.77. The third kappa shape index (κ3) is 3.97. The lowest BCUT2D eigenvalue weighted by atomic mass is 10.1. The van der Waals surface area contributed by atoms with Crippen LogP contribution in [0.2, 0.25) is 0 Å². The van der Waals surface area contributed by atoms with Gasteiger partial charge in [-0.2, -0.15) is 0 Å². The van der Waals surface area contributed by atoms with E-state index in [4.69, 9.17) is 4.98 Å². The summed E-state index contributed by atoms with van der Waals surface area (Å²) < 4.78 is 0. The standard InChI is InChI=1S/C17H26N4OS/c22-16(20-15(12-3-4-12)13-5-6-13)18-8-7-14-11-23-17(19-14)21-9-1-2-10-21/h11-13,15H,1-10H2,(H2,18,20,22). The van der Waals surface area contributed by atoms with Crippen LogP contribution in [0.5, 0.6) is 0 Å². The molecule has 2 heterocycles. The lowest BCUT2D eigenvalue weighted by Crippen LogP contribution is -2.44. The highest BCUT2D eigenvalue weighted by atomic mass is 32.1. The van der Waals surface area contributed by atoms with Crippen molar-refractivity contribution >= 4 is 22.5 Å². The van der Waals surface area contributed by atoms with E-state index in [9.17, 15) is 4.79 Å². The smallest absolute Gasteiger partial charge is 0.315 e. The molecule has 0 spiro atoms. The molecule has 0 bridgehead atoms. The van der Waals surface area contributed by atoms with Gasteiger partial charge in [0, 0.05) is 37.5 Å². The van der Waals surface area contributed by atoms with Crippen molar-refractivity contribution in [3.8, 4) is 0 Å². The Morgan fingerprint density at radius 2 is 1.96 bits per heavy atom. The van der Waals surface area contributed by atoms with Crippen LogP contribution in [-0.2, 0) is 6.42 Å². The number of nitrogens with zero attached hydrogens (tertiary/aromatic N) is 2. The van der Waals surface area contributed by atoms with Crippen molar-refractivity contribution < 1.29 is 4.79 Å². The monoisotopic (exact) mass is 334 g/mol. The zero-order valence-electron chi connectivity index (χ0n) is 13.6. The zero-order chi connectivity index (χ0) is 15.6. The summed E-state index contributed by atoms with van der Waals surface area (Å²) >= 11 is 1.73. The van der Waals surface area contributed by atoms with Crippen LogP contribution in [0, 0.1) is 11.8 Å². The number of urea groups is 1. The molecule has 23 heavy (non-hydrogen) atoms. The third-order valence-electron chi connectivity index (χ3n) is 5.14. The minimum atomic E-state index is 0.00351. The molecule has 2 saturated carbocycles. The van der Waals surface area contributed by atoms with Gasteiger partial charge >= 0.3 is 6.03 Å². The molecule has 0 aromatic carbocycles. The molecule has 4 rings (SSSR count). The normalized spacial score (nSPS) is 21.0. The molecule has 2 N–H and O–H groups in total. The number of carbonyl (C=O) groups excluding carboxylic acids is 1. The van der Waals surface area contributed by atoms with Crippen molar-refractivity contribution in [2.24, 2.45) is 11.8 Å². The van der Waals surface area contributed by atoms with Crippen LogP contribution in [-0.4, -0.2) is 36.7 Å². The molecule has 1 aromatic rings. The summed E-state index contributed by atoms with van der Waals surface area (Å²) in [6.07, 6.45) is 8.53. The highest BCUT2D eigenvalue weighted by Crippen LogP contribution is 2.44. The molecule has 2 amide bonds. The summed E-state index contributed by atoms with van der Waals surface area (Å²) in [6.45, 7) is 2.94. The summed E-state index contributed by atoms with van der Waals surface area (Å²) in [7, 11) is 0. The van der Waals surface area contributed by atoms with E-state index < -0.39 is 0 Å². The first-order valence-electron chi connectivity index (χ1n) is 9.03. The van der Waals surface area contributed by atoms with Crippen LogP contribution in [0.15, 0.2) is 5.38 Å². The molecule has 3 aliphatic rings. The number of hydrogen-bond donors (Lipinski definition) is 2. The number of carbonyl (C=O) groups is 1. The van der Waals surface area contributed by atoms with Crippen molar-refractivity contribution in [3.05, 3.63) is 11.1 Å². The fourth-order valence-electron chi connectivity index (χ4n) is 3.50. The van der Waals surface area contributed by atoms with Gasteiger partial charge in [-0.25, -0.2) is 9.78 Å². The van der Waals surface area contributed by atoms with E-state index in [2.05, 4.69) is 20.9 Å². The van der Waals surface area contributed by atoms with Gasteiger partial charge in [-0.1, -0.05) is 0 Å². The van der Waals surface area contributed by atoms with Gasteiger partial charge in [0.25, 0.3) is 0 Å². The molecule has 126 valence electrons. The highest BCUT2D eigenvalue weighted by molar-refractivity contribution is 7.13. The average Bonchev–Trinajstić information content (AvgIpc) is 3.46. The van der Waals surface area contributed by atoms with Crippen molar-refractivity contribution in [2.75, 3.05) is 24.5 Å². The van der Waals surface area contributed by atoms with Crippen molar-refractivity contribution in [1.82, 2.24) is 15.6 Å². The molecule has 0 radical (unpaired) electrons. The molecule has 3 fully saturated rings. The average molecular weight is 334 g/mol. The minimum absolute atomic E-state index is 0.00351. The van der Waals surface area contributed by atoms with Gasteiger partial charge in [0.15, 0.2) is 5.13 Å². The molecule has 0 atom stereocenters. The lowest BCUT2D eigenvalue weighted by Gasteiger charge is -2.18. The Hall–Kier alpha value is -1.30. The van der Waals surface area contributed by atoms with Gasteiger partial charge in [0.05, 0.1) is 5.69 Å². The molecule has 1 aliphatic heterocycles. The van der Waals surface area contributed by atoms with E-state index in [1.807, 2.05) is 0 Å². The highest BCUT2D eigenvalue weighted by Gasteiger charge is 2.42. The first kappa shape index (κ1) is 15.2. The van der Waals surface area contributed by atoms with E-state index >= 15 is 0 Å². The Kier molecular flexibility index (Phi) is 4.42. The summed E-state index contributed by atoms with van der Waals surface area (Å²) in [4.78, 5) is 19.1. The van der Waals surface area contributed by atoms with E-state index in [0.717, 1.165) is 42.2 Å². The molecule has 2 aliphatic carbocycles. The van der Waals surface area contributed by atoms with Crippen molar-refractivity contribution in [1.29, 1.82) is 0 Å². The Balaban J connectivity index is 1.19. The van der Waals surface area contributed by atoms with Crippen LogP contribution in [0.25, 0.3) is 0 Å². The first-order valence-corrected chi connectivity index (χ1v) is 9.91. The predicted molar refractivity (Wildman–Crippen MR) is 93.0 cm³/mol. The van der Waals surface area contributed by atoms with Crippen LogP contribution >= 0.6 is 11.3 Å². The molecule has 0 unspecified atom stereocenters. The van der Waals surface area contributed by atoms with Crippen LogP contribution in [0.3, 0.4) is 0 Å². The fraction of sp³-hybridized carbons (Fsp3) is 0.765. The summed E-state index contributed by atoms with van der Waals surface area (Å²) in [5.74, 6) is 1.49. The van der Waals surface area contributed by atoms with Gasteiger partial charge in [0.2, 0.25) is 0 Å². The number of thiazole rings is 1. The van der Waals surface area contributed by atoms with Crippen LogP contribution < -0.4 is 15.5 Å². The maximum atomic E-state index is 12.1. The fourth-order valence-corrected chi connectivity index (χ4v) is 4.42. The second-order valence-corrected chi connectivity index (χ2v) is 8.00. The van der Waals surface area contributed by atoms with E-state index in [0.29, 0.717) is 12.6 Å². The number of hydrogen-bond acceptors (Lipinski definition) is 4. The topological polar surface area (TPSA) is 57.3 Å².